The highest BCUT2D eigenvalue weighted by Crippen LogP contribution is 2.29. The molecule has 2 heterocycles. The number of ether oxygens (including phenoxy) is 2. The fraction of sp³-hybridized carbons (Fsp3) is 0.176. The lowest BCUT2D eigenvalue weighted by Gasteiger charge is -2.10. The molecule has 1 amide bonds. The predicted octanol–water partition coefficient (Wildman–Crippen LogP) is 2.91. The van der Waals surface area contributed by atoms with E-state index in [1.807, 2.05) is 29.7 Å². The Morgan fingerprint density at radius 2 is 1.96 bits per heavy atom. The van der Waals surface area contributed by atoms with Crippen LogP contribution in [-0.2, 0) is 0 Å². The lowest BCUT2D eigenvalue weighted by molar-refractivity contribution is 0.102. The highest BCUT2D eigenvalue weighted by Gasteiger charge is 2.14. The fourth-order valence-electron chi connectivity index (χ4n) is 2.31. The number of aryl methyl sites for hydroxylation is 1. The van der Waals surface area contributed by atoms with Gasteiger partial charge in [-0.2, -0.15) is 0 Å². The summed E-state index contributed by atoms with van der Waals surface area (Å²) in [7, 11) is 3.11. The number of amides is 1. The van der Waals surface area contributed by atoms with Gasteiger partial charge in [0, 0.05) is 18.5 Å². The monoisotopic (exact) mass is 311 g/mol. The van der Waals surface area contributed by atoms with Crippen molar-refractivity contribution in [3.63, 3.8) is 0 Å². The number of methoxy groups -OCH3 is 2. The molecule has 0 radical (unpaired) electrons. The number of nitrogens with zero attached hydrogens (tertiary/aromatic N) is 2. The van der Waals surface area contributed by atoms with E-state index >= 15 is 0 Å². The van der Waals surface area contributed by atoms with Crippen molar-refractivity contribution in [3.8, 4) is 11.5 Å². The molecular weight excluding hydrogens is 294 g/mol. The first-order valence-electron chi connectivity index (χ1n) is 7.09. The van der Waals surface area contributed by atoms with E-state index in [2.05, 4.69) is 10.3 Å². The first-order valence-corrected chi connectivity index (χ1v) is 7.09. The van der Waals surface area contributed by atoms with Crippen LogP contribution in [0.25, 0.3) is 5.65 Å². The zero-order chi connectivity index (χ0) is 16.4. The molecule has 0 atom stereocenters. The maximum Gasteiger partial charge on any atom is 0.275 e. The molecular formula is C17H17N3O3. The van der Waals surface area contributed by atoms with E-state index in [9.17, 15) is 4.79 Å². The van der Waals surface area contributed by atoms with Crippen LogP contribution in [-0.4, -0.2) is 29.5 Å². The molecule has 0 bridgehead atoms. The largest absolute Gasteiger partial charge is 0.497 e. The maximum atomic E-state index is 12.5. The summed E-state index contributed by atoms with van der Waals surface area (Å²) < 4.78 is 12.3. The second kappa shape index (κ2) is 6.00. The zero-order valence-electron chi connectivity index (χ0n) is 13.2. The topological polar surface area (TPSA) is 64.9 Å². The highest BCUT2D eigenvalue weighted by molar-refractivity contribution is 6.04. The Balaban J connectivity index is 1.91. The van der Waals surface area contributed by atoms with Crippen molar-refractivity contribution in [1.29, 1.82) is 0 Å². The van der Waals surface area contributed by atoms with Crippen molar-refractivity contribution < 1.29 is 14.3 Å². The van der Waals surface area contributed by atoms with Gasteiger partial charge in [-0.3, -0.25) is 4.79 Å². The number of aromatic nitrogens is 2. The van der Waals surface area contributed by atoms with Gasteiger partial charge in [0.2, 0.25) is 0 Å². The summed E-state index contributed by atoms with van der Waals surface area (Å²) in [6, 6.07) is 9.04. The van der Waals surface area contributed by atoms with Gasteiger partial charge in [-0.1, -0.05) is 6.07 Å². The van der Waals surface area contributed by atoms with Crippen LogP contribution in [0.1, 0.15) is 16.1 Å². The van der Waals surface area contributed by atoms with Gasteiger partial charge in [0.05, 0.1) is 19.9 Å². The van der Waals surface area contributed by atoms with Crippen LogP contribution in [0.2, 0.25) is 0 Å². The Kier molecular flexibility index (Phi) is 3.89. The first kappa shape index (κ1) is 14.9. The fourth-order valence-corrected chi connectivity index (χ4v) is 2.31. The molecule has 23 heavy (non-hydrogen) atoms. The summed E-state index contributed by atoms with van der Waals surface area (Å²) in [5.74, 6) is 0.878. The Morgan fingerprint density at radius 3 is 2.70 bits per heavy atom. The van der Waals surface area contributed by atoms with Crippen molar-refractivity contribution in [2.24, 2.45) is 0 Å². The predicted molar refractivity (Wildman–Crippen MR) is 87.4 cm³/mol. The van der Waals surface area contributed by atoms with E-state index in [4.69, 9.17) is 9.47 Å². The summed E-state index contributed by atoms with van der Waals surface area (Å²) >= 11 is 0. The quantitative estimate of drug-likeness (QED) is 0.804. The third kappa shape index (κ3) is 2.96. The van der Waals surface area contributed by atoms with E-state index in [0.29, 0.717) is 22.9 Å². The van der Waals surface area contributed by atoms with E-state index in [1.165, 1.54) is 0 Å². The number of hydrogen-bond acceptors (Lipinski definition) is 4. The van der Waals surface area contributed by atoms with E-state index < -0.39 is 0 Å². The van der Waals surface area contributed by atoms with Crippen molar-refractivity contribution in [2.75, 3.05) is 19.5 Å². The van der Waals surface area contributed by atoms with Gasteiger partial charge in [-0.25, -0.2) is 4.98 Å². The van der Waals surface area contributed by atoms with Crippen LogP contribution in [0, 0.1) is 6.92 Å². The lowest BCUT2D eigenvalue weighted by Crippen LogP contribution is -2.13. The van der Waals surface area contributed by atoms with Crippen LogP contribution in [0.5, 0.6) is 11.5 Å². The molecule has 1 aromatic carbocycles. The lowest BCUT2D eigenvalue weighted by atomic mass is 10.2. The number of fused-ring (bicyclic) bond motifs is 1. The highest BCUT2D eigenvalue weighted by atomic mass is 16.5. The third-order valence-corrected chi connectivity index (χ3v) is 3.49. The molecule has 0 fully saturated rings. The molecule has 0 spiro atoms. The maximum absolute atomic E-state index is 12.5. The zero-order valence-corrected chi connectivity index (χ0v) is 13.2. The molecule has 1 N–H and O–H groups in total. The third-order valence-electron chi connectivity index (χ3n) is 3.49. The van der Waals surface area contributed by atoms with Crippen molar-refractivity contribution in [2.45, 2.75) is 6.92 Å². The molecule has 3 rings (SSSR count). The molecule has 0 aliphatic heterocycles. The SMILES string of the molecule is COc1ccc(OC)c(NC(=O)c2cn3cc(C)ccc3n2)c1. The summed E-state index contributed by atoms with van der Waals surface area (Å²) in [6.45, 7) is 1.99. The summed E-state index contributed by atoms with van der Waals surface area (Å²) in [4.78, 5) is 16.8. The van der Waals surface area contributed by atoms with Gasteiger partial charge in [0.1, 0.15) is 22.8 Å². The number of rotatable bonds is 4. The standard InChI is InChI=1S/C17H17N3O3/c1-11-4-7-16-18-14(10-20(16)9-11)17(21)19-13-8-12(22-2)5-6-15(13)23-3/h4-10H,1-3H3,(H,19,21). The molecule has 0 unspecified atom stereocenters. The summed E-state index contributed by atoms with van der Waals surface area (Å²) in [5, 5.41) is 2.81. The Morgan fingerprint density at radius 1 is 1.13 bits per heavy atom. The van der Waals surface area contributed by atoms with Crippen molar-refractivity contribution >= 4 is 17.2 Å². The molecule has 118 valence electrons. The van der Waals surface area contributed by atoms with E-state index in [0.717, 1.165) is 11.2 Å². The molecule has 0 aliphatic rings. The van der Waals surface area contributed by atoms with Gasteiger partial charge in [-0.15, -0.1) is 0 Å². The Bertz CT molecular complexity index is 871. The van der Waals surface area contributed by atoms with Crippen LogP contribution >= 0.6 is 0 Å². The molecule has 0 saturated heterocycles. The number of carbonyl (C=O) groups excluding carboxylic acids is 1. The molecule has 0 aliphatic carbocycles. The first-order chi connectivity index (χ1) is 11.1. The minimum Gasteiger partial charge on any atom is -0.497 e. The second-order valence-electron chi connectivity index (χ2n) is 5.12. The van der Waals surface area contributed by atoms with Gasteiger partial charge in [0.25, 0.3) is 5.91 Å². The van der Waals surface area contributed by atoms with Crippen LogP contribution < -0.4 is 14.8 Å². The Hall–Kier alpha value is -3.02. The number of carbonyl (C=O) groups is 1. The number of hydrogen-bond donors (Lipinski definition) is 1. The number of nitrogens with one attached hydrogen (secondary N) is 1. The minimum absolute atomic E-state index is 0.307. The number of pyridine rings is 1. The summed E-state index contributed by atoms with van der Waals surface area (Å²) in [6.07, 6.45) is 3.62. The van der Waals surface area contributed by atoms with Gasteiger partial charge in [0.15, 0.2) is 0 Å². The smallest absolute Gasteiger partial charge is 0.275 e. The molecule has 0 saturated carbocycles. The average Bonchev–Trinajstić information content (AvgIpc) is 2.98. The number of imidazole rings is 1. The van der Waals surface area contributed by atoms with E-state index in [1.54, 1.807) is 38.6 Å². The Labute approximate surface area is 133 Å². The van der Waals surface area contributed by atoms with Crippen LogP contribution in [0.3, 0.4) is 0 Å². The normalized spacial score (nSPS) is 10.6. The molecule has 2 aromatic heterocycles. The number of anilines is 1. The van der Waals surface area contributed by atoms with Crippen LogP contribution in [0.15, 0.2) is 42.7 Å². The molecule has 3 aromatic rings. The average molecular weight is 311 g/mol. The second-order valence-corrected chi connectivity index (χ2v) is 5.12. The van der Waals surface area contributed by atoms with Crippen molar-refractivity contribution in [1.82, 2.24) is 9.38 Å². The van der Waals surface area contributed by atoms with E-state index in [-0.39, 0.29) is 5.91 Å². The van der Waals surface area contributed by atoms with Crippen molar-refractivity contribution in [3.05, 3.63) is 54.0 Å². The summed E-state index contributed by atoms with van der Waals surface area (Å²) in [5.41, 5.74) is 2.68. The van der Waals surface area contributed by atoms with Crippen LogP contribution in [0.4, 0.5) is 5.69 Å². The number of benzene rings is 1. The molecule has 6 heteroatoms. The minimum atomic E-state index is -0.307. The van der Waals surface area contributed by atoms with Gasteiger partial charge < -0.3 is 19.2 Å². The van der Waals surface area contributed by atoms with Gasteiger partial charge >= 0.3 is 0 Å². The molecule has 6 nitrogen and oxygen atoms in total. The van der Waals surface area contributed by atoms with Gasteiger partial charge in [-0.05, 0) is 30.7 Å².